The van der Waals surface area contributed by atoms with Crippen LogP contribution in [0.15, 0.2) is 42.6 Å². The Bertz CT molecular complexity index is 791. The number of thiophene rings is 1. The zero-order valence-electron chi connectivity index (χ0n) is 12.3. The van der Waals surface area contributed by atoms with Crippen molar-refractivity contribution in [2.45, 2.75) is 25.9 Å². The summed E-state index contributed by atoms with van der Waals surface area (Å²) in [7, 11) is 0. The monoisotopic (exact) mass is 314 g/mol. The number of aromatic amines is 1. The van der Waals surface area contributed by atoms with Crippen LogP contribution >= 0.6 is 11.3 Å². The fourth-order valence-corrected chi connectivity index (χ4v) is 3.41. The van der Waals surface area contributed by atoms with Gasteiger partial charge in [-0.15, -0.1) is 11.3 Å². The maximum atomic E-state index is 11.5. The van der Waals surface area contributed by atoms with Crippen LogP contribution in [-0.4, -0.2) is 22.1 Å². The predicted octanol–water partition coefficient (Wildman–Crippen LogP) is 3.32. The molecule has 3 aromatic rings. The van der Waals surface area contributed by atoms with Gasteiger partial charge in [0.15, 0.2) is 0 Å². The Balaban J connectivity index is 1.73. The standard InChI is InChI=1S/C17H18N2O2S/c1-11-6-7-13(22-11)10-19-16(17(20)21)8-12-9-18-15-5-3-2-4-14(12)15/h2-7,9,16,18-19H,8,10H2,1H3,(H,20,21). The Morgan fingerprint density at radius 3 is 2.86 bits per heavy atom. The van der Waals surface area contributed by atoms with E-state index in [4.69, 9.17) is 0 Å². The van der Waals surface area contributed by atoms with Crippen LogP contribution in [0, 0.1) is 6.92 Å². The molecule has 2 heterocycles. The molecule has 0 radical (unpaired) electrons. The molecule has 0 aliphatic carbocycles. The molecule has 0 saturated heterocycles. The number of carboxylic acids is 1. The maximum absolute atomic E-state index is 11.5. The molecule has 22 heavy (non-hydrogen) atoms. The fraction of sp³-hybridized carbons (Fsp3) is 0.235. The van der Waals surface area contributed by atoms with E-state index >= 15 is 0 Å². The van der Waals surface area contributed by atoms with E-state index in [9.17, 15) is 9.90 Å². The number of hydrogen-bond acceptors (Lipinski definition) is 3. The van der Waals surface area contributed by atoms with Gasteiger partial charge in [-0.05, 0) is 30.7 Å². The average molecular weight is 314 g/mol. The lowest BCUT2D eigenvalue weighted by molar-refractivity contribution is -0.139. The second kappa shape index (κ2) is 6.34. The van der Waals surface area contributed by atoms with Crippen LogP contribution in [0.2, 0.25) is 0 Å². The fourth-order valence-electron chi connectivity index (χ4n) is 2.57. The summed E-state index contributed by atoms with van der Waals surface area (Å²) >= 11 is 1.69. The zero-order valence-corrected chi connectivity index (χ0v) is 13.1. The first-order chi connectivity index (χ1) is 10.6. The molecule has 114 valence electrons. The average Bonchev–Trinajstić information content (AvgIpc) is 3.10. The third-order valence-corrected chi connectivity index (χ3v) is 4.72. The van der Waals surface area contributed by atoms with Crippen LogP contribution in [0.3, 0.4) is 0 Å². The summed E-state index contributed by atoms with van der Waals surface area (Å²) in [6, 6.07) is 11.4. The number of aromatic nitrogens is 1. The lowest BCUT2D eigenvalue weighted by atomic mass is 10.1. The van der Waals surface area contributed by atoms with Crippen molar-refractivity contribution < 1.29 is 9.90 Å². The summed E-state index contributed by atoms with van der Waals surface area (Å²) in [5, 5.41) is 13.7. The van der Waals surface area contributed by atoms with E-state index in [0.717, 1.165) is 21.3 Å². The molecule has 3 rings (SSSR count). The van der Waals surface area contributed by atoms with Crippen molar-refractivity contribution in [1.29, 1.82) is 0 Å². The third kappa shape index (κ3) is 3.21. The van der Waals surface area contributed by atoms with E-state index in [-0.39, 0.29) is 0 Å². The van der Waals surface area contributed by atoms with Gasteiger partial charge in [-0.1, -0.05) is 18.2 Å². The number of H-pyrrole nitrogens is 1. The van der Waals surface area contributed by atoms with Crippen molar-refractivity contribution in [1.82, 2.24) is 10.3 Å². The minimum atomic E-state index is -0.821. The zero-order chi connectivity index (χ0) is 15.5. The number of carboxylic acid groups (broad SMARTS) is 1. The van der Waals surface area contributed by atoms with E-state index in [1.165, 1.54) is 4.88 Å². The third-order valence-electron chi connectivity index (χ3n) is 3.72. The molecule has 1 aromatic carbocycles. The van der Waals surface area contributed by atoms with Crippen LogP contribution in [0.1, 0.15) is 15.3 Å². The lowest BCUT2D eigenvalue weighted by Crippen LogP contribution is -2.37. The van der Waals surface area contributed by atoms with Gasteiger partial charge in [0.05, 0.1) is 0 Å². The summed E-state index contributed by atoms with van der Waals surface area (Å²) in [6.07, 6.45) is 2.36. The molecule has 0 bridgehead atoms. The van der Waals surface area contributed by atoms with Gasteiger partial charge in [0.1, 0.15) is 6.04 Å². The SMILES string of the molecule is Cc1ccc(CNC(Cc2c[nH]c3ccccc23)C(=O)O)s1. The highest BCUT2D eigenvalue weighted by Crippen LogP contribution is 2.20. The number of para-hydroxylation sites is 1. The highest BCUT2D eigenvalue weighted by Gasteiger charge is 2.19. The van der Waals surface area contributed by atoms with Gasteiger partial charge in [-0.2, -0.15) is 0 Å². The molecule has 1 atom stereocenters. The number of fused-ring (bicyclic) bond motifs is 1. The van der Waals surface area contributed by atoms with Crippen LogP contribution in [-0.2, 0) is 17.8 Å². The Morgan fingerprint density at radius 1 is 1.32 bits per heavy atom. The van der Waals surface area contributed by atoms with Crippen LogP contribution in [0.25, 0.3) is 10.9 Å². The first-order valence-corrected chi connectivity index (χ1v) is 8.01. The molecule has 3 N–H and O–H groups in total. The second-order valence-corrected chi connectivity index (χ2v) is 6.72. The first-order valence-electron chi connectivity index (χ1n) is 7.20. The molecular formula is C17H18N2O2S. The summed E-state index contributed by atoms with van der Waals surface area (Å²) in [4.78, 5) is 17.1. The molecule has 0 aliphatic heterocycles. The van der Waals surface area contributed by atoms with Gasteiger partial charge in [-0.25, -0.2) is 0 Å². The topological polar surface area (TPSA) is 65.1 Å². The minimum Gasteiger partial charge on any atom is -0.480 e. The van der Waals surface area contributed by atoms with Crippen molar-refractivity contribution in [3.8, 4) is 0 Å². The van der Waals surface area contributed by atoms with Crippen molar-refractivity contribution in [3.63, 3.8) is 0 Å². The normalized spacial score (nSPS) is 12.6. The molecule has 5 heteroatoms. The molecule has 4 nitrogen and oxygen atoms in total. The highest BCUT2D eigenvalue weighted by atomic mass is 32.1. The number of hydrogen-bond donors (Lipinski definition) is 3. The maximum Gasteiger partial charge on any atom is 0.321 e. The predicted molar refractivity (Wildman–Crippen MR) is 89.3 cm³/mol. The molecule has 0 aliphatic rings. The van der Waals surface area contributed by atoms with Crippen LogP contribution in [0.4, 0.5) is 0 Å². The van der Waals surface area contributed by atoms with Gasteiger partial charge >= 0.3 is 5.97 Å². The van der Waals surface area contributed by atoms with E-state index in [2.05, 4.69) is 23.3 Å². The molecule has 0 spiro atoms. The number of carbonyl (C=O) groups is 1. The van der Waals surface area contributed by atoms with Gasteiger partial charge in [0.25, 0.3) is 0 Å². The largest absolute Gasteiger partial charge is 0.480 e. The summed E-state index contributed by atoms with van der Waals surface area (Å²) < 4.78 is 0. The van der Waals surface area contributed by atoms with E-state index in [1.807, 2.05) is 36.5 Å². The second-order valence-electron chi connectivity index (χ2n) is 5.35. The number of aryl methyl sites for hydroxylation is 1. The van der Waals surface area contributed by atoms with Gasteiger partial charge in [0.2, 0.25) is 0 Å². The number of benzene rings is 1. The van der Waals surface area contributed by atoms with E-state index in [1.54, 1.807) is 11.3 Å². The number of rotatable bonds is 6. The summed E-state index contributed by atoms with van der Waals surface area (Å²) in [5.41, 5.74) is 2.06. The van der Waals surface area contributed by atoms with Crippen molar-refractivity contribution in [2.75, 3.05) is 0 Å². The van der Waals surface area contributed by atoms with Crippen LogP contribution in [0.5, 0.6) is 0 Å². The Hall–Kier alpha value is -2.11. The summed E-state index contributed by atoms with van der Waals surface area (Å²) in [6.45, 7) is 2.63. The number of aliphatic carboxylic acids is 1. The first kappa shape index (κ1) is 14.8. The Kier molecular flexibility index (Phi) is 4.27. The molecule has 1 unspecified atom stereocenters. The smallest absolute Gasteiger partial charge is 0.321 e. The van der Waals surface area contributed by atoms with E-state index in [0.29, 0.717) is 13.0 Å². The number of nitrogens with one attached hydrogen (secondary N) is 2. The molecule has 2 aromatic heterocycles. The Morgan fingerprint density at radius 2 is 2.14 bits per heavy atom. The van der Waals surface area contributed by atoms with Gasteiger partial charge < -0.3 is 10.1 Å². The minimum absolute atomic E-state index is 0.462. The Labute approximate surface area is 132 Å². The van der Waals surface area contributed by atoms with Crippen molar-refractivity contribution in [3.05, 3.63) is 57.9 Å². The molecular weight excluding hydrogens is 296 g/mol. The van der Waals surface area contributed by atoms with Gasteiger partial charge in [-0.3, -0.25) is 10.1 Å². The van der Waals surface area contributed by atoms with Crippen molar-refractivity contribution in [2.24, 2.45) is 0 Å². The van der Waals surface area contributed by atoms with E-state index < -0.39 is 12.0 Å². The van der Waals surface area contributed by atoms with Crippen LogP contribution < -0.4 is 5.32 Å². The lowest BCUT2D eigenvalue weighted by Gasteiger charge is -2.13. The molecule has 0 fully saturated rings. The van der Waals surface area contributed by atoms with Gasteiger partial charge in [0, 0.05) is 39.8 Å². The quantitative estimate of drug-likeness (QED) is 0.654. The molecule has 0 saturated carbocycles. The highest BCUT2D eigenvalue weighted by molar-refractivity contribution is 7.11. The van der Waals surface area contributed by atoms with Crippen molar-refractivity contribution >= 4 is 28.2 Å². The summed E-state index contributed by atoms with van der Waals surface area (Å²) in [5.74, 6) is -0.821. The molecule has 0 amide bonds.